The van der Waals surface area contributed by atoms with Crippen LogP contribution in [0.15, 0.2) is 11.4 Å². The molecule has 0 spiro atoms. The SMILES string of the molecule is Cc1n[nH]c(C)c1C(C)N(C)Cc1cc(CN2CCCC2)cs1. The van der Waals surface area contributed by atoms with Gasteiger partial charge < -0.3 is 0 Å². The largest absolute Gasteiger partial charge is 0.299 e. The Balaban J connectivity index is 1.61. The van der Waals surface area contributed by atoms with Crippen LogP contribution in [-0.2, 0) is 13.1 Å². The van der Waals surface area contributed by atoms with E-state index in [-0.39, 0.29) is 0 Å². The molecule has 0 bridgehead atoms. The second-order valence-electron chi connectivity index (χ2n) is 6.84. The normalized spacial score (nSPS) is 17.3. The van der Waals surface area contributed by atoms with Gasteiger partial charge in [0.05, 0.1) is 5.69 Å². The van der Waals surface area contributed by atoms with Crippen molar-refractivity contribution < 1.29 is 0 Å². The average molecular weight is 333 g/mol. The van der Waals surface area contributed by atoms with Crippen LogP contribution < -0.4 is 0 Å². The molecule has 0 saturated carbocycles. The summed E-state index contributed by atoms with van der Waals surface area (Å²) in [6.07, 6.45) is 2.72. The fourth-order valence-electron chi connectivity index (χ4n) is 3.57. The predicted octanol–water partition coefficient (Wildman–Crippen LogP) is 3.88. The molecule has 1 N–H and O–H groups in total. The lowest BCUT2D eigenvalue weighted by Crippen LogP contribution is -2.22. The number of rotatable bonds is 6. The quantitative estimate of drug-likeness (QED) is 0.872. The number of hydrogen-bond acceptors (Lipinski definition) is 4. The molecule has 1 aliphatic heterocycles. The van der Waals surface area contributed by atoms with Crippen LogP contribution in [0.2, 0.25) is 0 Å². The molecule has 3 rings (SSSR count). The number of aromatic nitrogens is 2. The first kappa shape index (κ1) is 16.7. The van der Waals surface area contributed by atoms with Crippen molar-refractivity contribution >= 4 is 11.3 Å². The third-order valence-corrected chi connectivity index (χ3v) is 5.95. The molecule has 0 aliphatic carbocycles. The summed E-state index contributed by atoms with van der Waals surface area (Å²) in [7, 11) is 2.20. The number of nitrogens with one attached hydrogen (secondary N) is 1. The van der Waals surface area contributed by atoms with Crippen molar-refractivity contribution in [3.05, 3.63) is 38.8 Å². The number of aromatic amines is 1. The molecule has 126 valence electrons. The van der Waals surface area contributed by atoms with E-state index in [0.717, 1.165) is 18.8 Å². The van der Waals surface area contributed by atoms with E-state index in [1.54, 1.807) is 0 Å². The number of aryl methyl sites for hydroxylation is 2. The molecular formula is C18H28N4S. The minimum atomic E-state index is 0.373. The molecular weight excluding hydrogens is 304 g/mol. The van der Waals surface area contributed by atoms with Crippen molar-refractivity contribution in [2.75, 3.05) is 20.1 Å². The van der Waals surface area contributed by atoms with Gasteiger partial charge in [-0.1, -0.05) is 0 Å². The van der Waals surface area contributed by atoms with Crippen LogP contribution in [0.4, 0.5) is 0 Å². The fraction of sp³-hybridized carbons (Fsp3) is 0.611. The molecule has 1 unspecified atom stereocenters. The molecule has 2 aromatic rings. The monoisotopic (exact) mass is 332 g/mol. The molecule has 2 aromatic heterocycles. The van der Waals surface area contributed by atoms with Crippen LogP contribution >= 0.6 is 11.3 Å². The zero-order chi connectivity index (χ0) is 16.4. The van der Waals surface area contributed by atoms with E-state index in [4.69, 9.17) is 0 Å². The van der Waals surface area contributed by atoms with Gasteiger partial charge in [0.1, 0.15) is 0 Å². The minimum absolute atomic E-state index is 0.373. The van der Waals surface area contributed by atoms with Gasteiger partial charge >= 0.3 is 0 Å². The first-order valence-electron chi connectivity index (χ1n) is 8.55. The Morgan fingerprint density at radius 2 is 2.09 bits per heavy atom. The lowest BCUT2D eigenvalue weighted by molar-refractivity contribution is 0.254. The van der Waals surface area contributed by atoms with Gasteiger partial charge in [0.15, 0.2) is 0 Å². The van der Waals surface area contributed by atoms with E-state index >= 15 is 0 Å². The number of hydrogen-bond donors (Lipinski definition) is 1. The van der Waals surface area contributed by atoms with E-state index in [1.165, 1.54) is 47.6 Å². The molecule has 0 aromatic carbocycles. The third kappa shape index (κ3) is 3.84. The minimum Gasteiger partial charge on any atom is -0.299 e. The van der Waals surface area contributed by atoms with Crippen LogP contribution in [0.1, 0.15) is 53.2 Å². The van der Waals surface area contributed by atoms with Crippen molar-refractivity contribution in [3.8, 4) is 0 Å². The Labute approximate surface area is 143 Å². The number of thiophene rings is 1. The summed E-state index contributed by atoms with van der Waals surface area (Å²) in [4.78, 5) is 6.43. The number of likely N-dealkylation sites (tertiary alicyclic amines) is 1. The second kappa shape index (κ2) is 7.16. The summed E-state index contributed by atoms with van der Waals surface area (Å²) < 4.78 is 0. The van der Waals surface area contributed by atoms with Crippen LogP contribution in [0.25, 0.3) is 0 Å². The van der Waals surface area contributed by atoms with E-state index in [0.29, 0.717) is 6.04 Å². The summed E-state index contributed by atoms with van der Waals surface area (Å²) in [5.41, 5.74) is 5.11. The van der Waals surface area contributed by atoms with Gasteiger partial charge in [0.2, 0.25) is 0 Å². The topological polar surface area (TPSA) is 35.2 Å². The Morgan fingerprint density at radius 1 is 1.35 bits per heavy atom. The van der Waals surface area contributed by atoms with Crippen molar-refractivity contribution in [1.29, 1.82) is 0 Å². The average Bonchev–Trinajstić information content (AvgIpc) is 3.23. The van der Waals surface area contributed by atoms with Crippen LogP contribution in [0.3, 0.4) is 0 Å². The van der Waals surface area contributed by atoms with Crippen LogP contribution in [0.5, 0.6) is 0 Å². The van der Waals surface area contributed by atoms with Gasteiger partial charge in [0.25, 0.3) is 0 Å². The van der Waals surface area contributed by atoms with Crippen molar-refractivity contribution in [2.45, 2.75) is 52.7 Å². The van der Waals surface area contributed by atoms with E-state index in [9.17, 15) is 0 Å². The molecule has 3 heterocycles. The zero-order valence-corrected chi connectivity index (χ0v) is 15.5. The predicted molar refractivity (Wildman–Crippen MR) is 96.8 cm³/mol. The summed E-state index contributed by atoms with van der Waals surface area (Å²) in [6.45, 7) is 11.1. The number of nitrogens with zero attached hydrogens (tertiary/aromatic N) is 3. The lowest BCUT2D eigenvalue weighted by Gasteiger charge is -2.24. The standard InChI is InChI=1S/C18H28N4S/c1-13-18(14(2)20-19-13)15(3)21(4)11-17-9-16(12-23-17)10-22-7-5-6-8-22/h9,12,15H,5-8,10-11H2,1-4H3,(H,19,20). The van der Waals surface area contributed by atoms with Gasteiger partial charge in [-0.15, -0.1) is 11.3 Å². The van der Waals surface area contributed by atoms with E-state index in [2.05, 4.69) is 59.3 Å². The molecule has 5 heteroatoms. The van der Waals surface area contributed by atoms with Crippen molar-refractivity contribution in [1.82, 2.24) is 20.0 Å². The highest BCUT2D eigenvalue weighted by Crippen LogP contribution is 2.27. The molecule has 4 nitrogen and oxygen atoms in total. The smallest absolute Gasteiger partial charge is 0.0641 e. The van der Waals surface area contributed by atoms with E-state index < -0.39 is 0 Å². The number of H-pyrrole nitrogens is 1. The first-order chi connectivity index (χ1) is 11.0. The first-order valence-corrected chi connectivity index (χ1v) is 9.43. The Kier molecular flexibility index (Phi) is 5.19. The maximum absolute atomic E-state index is 4.33. The van der Waals surface area contributed by atoms with Gasteiger partial charge in [-0.3, -0.25) is 14.9 Å². The molecule has 0 radical (unpaired) electrons. The molecule has 1 aliphatic rings. The Morgan fingerprint density at radius 3 is 2.74 bits per heavy atom. The Bertz CT molecular complexity index is 620. The van der Waals surface area contributed by atoms with Gasteiger partial charge in [-0.05, 0) is 70.8 Å². The molecule has 23 heavy (non-hydrogen) atoms. The fourth-order valence-corrected chi connectivity index (χ4v) is 4.51. The molecule has 1 fully saturated rings. The van der Waals surface area contributed by atoms with Gasteiger partial charge in [0, 0.05) is 35.3 Å². The maximum Gasteiger partial charge on any atom is 0.0641 e. The summed E-state index contributed by atoms with van der Waals surface area (Å²) in [5.74, 6) is 0. The third-order valence-electron chi connectivity index (χ3n) is 4.98. The zero-order valence-electron chi connectivity index (χ0n) is 14.7. The summed E-state index contributed by atoms with van der Waals surface area (Å²) in [6, 6.07) is 2.76. The molecule has 1 saturated heterocycles. The van der Waals surface area contributed by atoms with E-state index in [1.807, 2.05) is 11.3 Å². The lowest BCUT2D eigenvalue weighted by atomic mass is 10.1. The van der Waals surface area contributed by atoms with Crippen molar-refractivity contribution in [3.63, 3.8) is 0 Å². The highest BCUT2D eigenvalue weighted by atomic mass is 32.1. The molecule has 1 atom stereocenters. The summed E-state index contributed by atoms with van der Waals surface area (Å²) >= 11 is 1.89. The summed E-state index contributed by atoms with van der Waals surface area (Å²) in [5, 5.41) is 9.77. The maximum atomic E-state index is 4.33. The van der Waals surface area contributed by atoms with Gasteiger partial charge in [-0.2, -0.15) is 5.10 Å². The van der Waals surface area contributed by atoms with Crippen LogP contribution in [0, 0.1) is 13.8 Å². The highest BCUT2D eigenvalue weighted by Gasteiger charge is 2.19. The van der Waals surface area contributed by atoms with Crippen LogP contribution in [-0.4, -0.2) is 40.1 Å². The highest BCUT2D eigenvalue weighted by molar-refractivity contribution is 7.10. The Hall–Kier alpha value is -1.17. The molecule has 0 amide bonds. The second-order valence-corrected chi connectivity index (χ2v) is 7.84. The van der Waals surface area contributed by atoms with Gasteiger partial charge in [-0.25, -0.2) is 0 Å². The van der Waals surface area contributed by atoms with Crippen molar-refractivity contribution in [2.24, 2.45) is 0 Å².